The molecule has 82 valence electrons. The summed E-state index contributed by atoms with van der Waals surface area (Å²) in [5.74, 6) is 0. The Bertz CT molecular complexity index is 499. The van der Waals surface area contributed by atoms with Gasteiger partial charge in [0.2, 0.25) is 5.13 Å². The highest BCUT2D eigenvalue weighted by molar-refractivity contribution is 7.18. The molecule has 2 aromatic rings. The zero-order valence-electron chi connectivity index (χ0n) is 8.36. The van der Waals surface area contributed by atoms with Crippen LogP contribution in [0.15, 0.2) is 24.5 Å². The highest BCUT2D eigenvalue weighted by Gasteiger charge is 2.14. The van der Waals surface area contributed by atoms with Gasteiger partial charge in [-0.3, -0.25) is 9.88 Å². The number of rotatable bonds is 2. The maximum atomic E-state index is 10.7. The summed E-state index contributed by atoms with van der Waals surface area (Å²) in [5, 5.41) is 17.5. The second-order valence-corrected chi connectivity index (χ2v) is 3.93. The first-order valence-corrected chi connectivity index (χ1v) is 5.20. The molecule has 0 fully saturated rings. The van der Waals surface area contributed by atoms with E-state index in [1.54, 1.807) is 18.5 Å². The Morgan fingerprint density at radius 2 is 2.31 bits per heavy atom. The summed E-state index contributed by atoms with van der Waals surface area (Å²) >= 11 is 1.21. The molecule has 0 bridgehead atoms. The van der Waals surface area contributed by atoms with Crippen molar-refractivity contribution in [1.82, 2.24) is 15.2 Å². The molecule has 0 saturated heterocycles. The van der Waals surface area contributed by atoms with Crippen molar-refractivity contribution in [3.8, 4) is 10.6 Å². The van der Waals surface area contributed by atoms with E-state index >= 15 is 0 Å². The van der Waals surface area contributed by atoms with Crippen molar-refractivity contribution in [1.29, 1.82) is 0 Å². The highest BCUT2D eigenvalue weighted by atomic mass is 32.1. The molecule has 0 aliphatic carbocycles. The summed E-state index contributed by atoms with van der Waals surface area (Å²) in [5.41, 5.74) is 0.824. The van der Waals surface area contributed by atoms with Crippen LogP contribution in [-0.2, 0) is 0 Å². The van der Waals surface area contributed by atoms with Crippen LogP contribution in [0, 0.1) is 0 Å². The Morgan fingerprint density at radius 1 is 1.50 bits per heavy atom. The monoisotopic (exact) mass is 236 g/mol. The van der Waals surface area contributed by atoms with Crippen LogP contribution >= 0.6 is 11.3 Å². The topological polar surface area (TPSA) is 79.2 Å². The fraction of sp³-hybridized carbons (Fsp3) is 0.111. The van der Waals surface area contributed by atoms with Crippen LogP contribution in [-0.4, -0.2) is 33.4 Å². The quantitative estimate of drug-likeness (QED) is 0.858. The van der Waals surface area contributed by atoms with Gasteiger partial charge in [0.15, 0.2) is 5.01 Å². The lowest BCUT2D eigenvalue weighted by Gasteiger charge is -2.05. The SMILES string of the molecule is CN(C(=O)O)c1nnc(-c2cccnc2)s1. The molecule has 1 amide bonds. The van der Waals surface area contributed by atoms with E-state index in [1.807, 2.05) is 6.07 Å². The van der Waals surface area contributed by atoms with Crippen molar-refractivity contribution < 1.29 is 9.90 Å². The minimum Gasteiger partial charge on any atom is -0.465 e. The van der Waals surface area contributed by atoms with Gasteiger partial charge in [-0.25, -0.2) is 4.79 Å². The van der Waals surface area contributed by atoms with Gasteiger partial charge >= 0.3 is 6.09 Å². The van der Waals surface area contributed by atoms with E-state index in [0.717, 1.165) is 10.5 Å². The van der Waals surface area contributed by atoms with Crippen LogP contribution in [0.4, 0.5) is 9.93 Å². The van der Waals surface area contributed by atoms with Crippen molar-refractivity contribution in [2.75, 3.05) is 11.9 Å². The predicted molar refractivity (Wildman–Crippen MR) is 59.6 cm³/mol. The zero-order valence-corrected chi connectivity index (χ0v) is 9.18. The molecular formula is C9H8N4O2S. The number of amides is 1. The maximum absolute atomic E-state index is 10.7. The molecule has 0 spiro atoms. The van der Waals surface area contributed by atoms with Gasteiger partial charge in [0, 0.05) is 25.0 Å². The number of aromatic nitrogens is 3. The lowest BCUT2D eigenvalue weighted by molar-refractivity contribution is 0.203. The first-order chi connectivity index (χ1) is 7.68. The summed E-state index contributed by atoms with van der Waals surface area (Å²) in [6, 6.07) is 3.63. The Hall–Kier alpha value is -2.02. The number of carboxylic acid groups (broad SMARTS) is 1. The van der Waals surface area contributed by atoms with E-state index in [1.165, 1.54) is 18.4 Å². The molecule has 6 nitrogen and oxygen atoms in total. The minimum absolute atomic E-state index is 0.339. The van der Waals surface area contributed by atoms with Gasteiger partial charge in [-0.05, 0) is 12.1 Å². The van der Waals surface area contributed by atoms with Crippen molar-refractivity contribution >= 4 is 22.6 Å². The first kappa shape index (κ1) is 10.5. The summed E-state index contributed by atoms with van der Waals surface area (Å²) in [4.78, 5) is 15.7. The standard InChI is InChI=1S/C9H8N4O2S/c1-13(9(14)15)8-12-11-7(16-8)6-3-2-4-10-5-6/h2-5H,1H3,(H,14,15). The zero-order chi connectivity index (χ0) is 11.5. The molecule has 0 unspecified atom stereocenters. The van der Waals surface area contributed by atoms with Gasteiger partial charge < -0.3 is 5.11 Å². The normalized spacial score (nSPS) is 10.1. The number of nitrogens with zero attached hydrogens (tertiary/aromatic N) is 4. The molecule has 16 heavy (non-hydrogen) atoms. The molecular weight excluding hydrogens is 228 g/mol. The van der Waals surface area contributed by atoms with Crippen LogP contribution < -0.4 is 4.90 Å². The number of hydrogen-bond acceptors (Lipinski definition) is 5. The molecule has 0 radical (unpaired) electrons. The second-order valence-electron chi connectivity index (χ2n) is 2.97. The second kappa shape index (κ2) is 4.23. The predicted octanol–water partition coefficient (Wildman–Crippen LogP) is 1.71. The highest BCUT2D eigenvalue weighted by Crippen LogP contribution is 2.27. The van der Waals surface area contributed by atoms with Gasteiger partial charge in [-0.15, -0.1) is 10.2 Å². The molecule has 0 saturated carbocycles. The molecule has 7 heteroatoms. The Labute approximate surface area is 95.2 Å². The third-order valence-corrected chi connectivity index (χ3v) is 2.95. The average Bonchev–Trinajstić information content (AvgIpc) is 2.78. The van der Waals surface area contributed by atoms with Gasteiger partial charge in [-0.1, -0.05) is 11.3 Å². The van der Waals surface area contributed by atoms with Crippen molar-refractivity contribution in [2.24, 2.45) is 0 Å². The molecule has 0 aromatic carbocycles. The lowest BCUT2D eigenvalue weighted by atomic mass is 10.3. The van der Waals surface area contributed by atoms with E-state index in [4.69, 9.17) is 5.11 Å². The number of pyridine rings is 1. The summed E-state index contributed by atoms with van der Waals surface area (Å²) in [6.45, 7) is 0. The van der Waals surface area contributed by atoms with Crippen LogP contribution in [0.1, 0.15) is 0 Å². The molecule has 2 rings (SSSR count). The van der Waals surface area contributed by atoms with Crippen LogP contribution in [0.2, 0.25) is 0 Å². The maximum Gasteiger partial charge on any atom is 0.413 e. The molecule has 2 aromatic heterocycles. The van der Waals surface area contributed by atoms with Crippen LogP contribution in [0.5, 0.6) is 0 Å². The van der Waals surface area contributed by atoms with E-state index < -0.39 is 6.09 Å². The first-order valence-electron chi connectivity index (χ1n) is 4.39. The third kappa shape index (κ3) is 1.98. The smallest absolute Gasteiger partial charge is 0.413 e. The Kier molecular flexibility index (Phi) is 2.78. The summed E-state index contributed by atoms with van der Waals surface area (Å²) < 4.78 is 0. The van der Waals surface area contributed by atoms with Crippen molar-refractivity contribution in [2.45, 2.75) is 0 Å². The molecule has 0 aliphatic heterocycles. The van der Waals surface area contributed by atoms with Gasteiger partial charge in [-0.2, -0.15) is 0 Å². The van der Waals surface area contributed by atoms with Gasteiger partial charge in [0.05, 0.1) is 0 Å². The third-order valence-electron chi connectivity index (χ3n) is 1.90. The average molecular weight is 236 g/mol. The Morgan fingerprint density at radius 3 is 2.94 bits per heavy atom. The van der Waals surface area contributed by atoms with E-state index in [0.29, 0.717) is 10.1 Å². The van der Waals surface area contributed by atoms with Crippen LogP contribution in [0.3, 0.4) is 0 Å². The largest absolute Gasteiger partial charge is 0.465 e. The van der Waals surface area contributed by atoms with Crippen molar-refractivity contribution in [3.05, 3.63) is 24.5 Å². The molecule has 1 N–H and O–H groups in total. The van der Waals surface area contributed by atoms with Gasteiger partial charge in [0.25, 0.3) is 0 Å². The van der Waals surface area contributed by atoms with E-state index in [9.17, 15) is 4.79 Å². The lowest BCUT2D eigenvalue weighted by Crippen LogP contribution is -2.23. The minimum atomic E-state index is -1.06. The van der Waals surface area contributed by atoms with Crippen LogP contribution in [0.25, 0.3) is 10.6 Å². The summed E-state index contributed by atoms with van der Waals surface area (Å²) in [6.07, 6.45) is 2.26. The Balaban J connectivity index is 2.30. The van der Waals surface area contributed by atoms with Crippen molar-refractivity contribution in [3.63, 3.8) is 0 Å². The van der Waals surface area contributed by atoms with Gasteiger partial charge in [0.1, 0.15) is 0 Å². The van der Waals surface area contributed by atoms with E-state index in [2.05, 4.69) is 15.2 Å². The number of carbonyl (C=O) groups is 1. The summed E-state index contributed by atoms with van der Waals surface area (Å²) in [7, 11) is 1.43. The molecule has 2 heterocycles. The fourth-order valence-electron chi connectivity index (χ4n) is 1.04. The molecule has 0 atom stereocenters. The fourth-order valence-corrected chi connectivity index (χ4v) is 1.83. The number of anilines is 1. The number of hydrogen-bond donors (Lipinski definition) is 1. The molecule has 0 aliphatic rings. The van der Waals surface area contributed by atoms with E-state index in [-0.39, 0.29) is 0 Å².